The van der Waals surface area contributed by atoms with E-state index >= 15 is 0 Å². The predicted molar refractivity (Wildman–Crippen MR) is 74.3 cm³/mol. The highest BCUT2D eigenvalue weighted by atomic mass is 35.5. The van der Waals surface area contributed by atoms with Crippen molar-refractivity contribution in [3.8, 4) is 0 Å². The molecule has 1 amide bonds. The van der Waals surface area contributed by atoms with Gasteiger partial charge in [-0.3, -0.25) is 4.79 Å². The van der Waals surface area contributed by atoms with E-state index in [1.165, 1.54) is 0 Å². The monoisotopic (exact) mass is 293 g/mol. The number of carbonyl (C=O) groups is 1. The maximum atomic E-state index is 11.9. The predicted octanol–water partition coefficient (Wildman–Crippen LogP) is 4.51. The van der Waals surface area contributed by atoms with Gasteiger partial charge in [0.25, 0.3) is 0 Å². The number of nitrogens with one attached hydrogen (secondary N) is 1. The lowest BCUT2D eigenvalue weighted by molar-refractivity contribution is -0.122. The lowest BCUT2D eigenvalue weighted by Crippen LogP contribution is -2.32. The third kappa shape index (κ3) is 3.51. The van der Waals surface area contributed by atoms with Gasteiger partial charge in [0.05, 0.1) is 16.1 Å². The zero-order valence-corrected chi connectivity index (χ0v) is 12.2. The number of hydrogen-bond acceptors (Lipinski definition) is 1. The van der Waals surface area contributed by atoms with Gasteiger partial charge in [-0.1, -0.05) is 23.2 Å². The van der Waals surface area contributed by atoms with Crippen LogP contribution in [0.5, 0.6) is 0 Å². The highest BCUT2D eigenvalue weighted by Crippen LogP contribution is 2.30. The standard InChI is InChI=1S/C12H14Cl3NO/c1-7-4-9(15)10(5-8(7)14)16-11(17)12(2,3)6-13/h4-5H,6H2,1-3H3,(H,16,17). The molecule has 0 bridgehead atoms. The molecule has 0 atom stereocenters. The first-order valence-electron chi connectivity index (χ1n) is 5.11. The van der Waals surface area contributed by atoms with Crippen LogP contribution in [0.25, 0.3) is 0 Å². The van der Waals surface area contributed by atoms with Gasteiger partial charge in [0.15, 0.2) is 0 Å². The molecule has 1 rings (SSSR count). The number of alkyl halides is 1. The van der Waals surface area contributed by atoms with Gasteiger partial charge in [0, 0.05) is 10.9 Å². The quantitative estimate of drug-likeness (QED) is 0.817. The Bertz CT molecular complexity index is 444. The molecule has 0 saturated heterocycles. The summed E-state index contributed by atoms with van der Waals surface area (Å²) in [7, 11) is 0. The molecule has 0 unspecified atom stereocenters. The Morgan fingerprint density at radius 1 is 1.29 bits per heavy atom. The topological polar surface area (TPSA) is 29.1 Å². The van der Waals surface area contributed by atoms with Crippen LogP contribution in [0.4, 0.5) is 5.69 Å². The van der Waals surface area contributed by atoms with E-state index in [9.17, 15) is 4.79 Å². The second kappa shape index (κ2) is 5.47. The van der Waals surface area contributed by atoms with E-state index in [0.717, 1.165) is 5.56 Å². The van der Waals surface area contributed by atoms with Gasteiger partial charge in [0.1, 0.15) is 0 Å². The molecule has 1 aromatic carbocycles. The Kier molecular flexibility index (Phi) is 4.70. The van der Waals surface area contributed by atoms with Crippen LogP contribution >= 0.6 is 34.8 Å². The molecule has 0 aliphatic heterocycles. The smallest absolute Gasteiger partial charge is 0.231 e. The second-order valence-corrected chi connectivity index (χ2v) is 5.63. The Hall–Kier alpha value is -0.440. The van der Waals surface area contributed by atoms with Gasteiger partial charge in [-0.05, 0) is 38.5 Å². The SMILES string of the molecule is Cc1cc(Cl)c(NC(=O)C(C)(C)CCl)cc1Cl. The van der Waals surface area contributed by atoms with Crippen molar-refractivity contribution < 1.29 is 4.79 Å². The third-order valence-electron chi connectivity index (χ3n) is 2.45. The van der Waals surface area contributed by atoms with Crippen LogP contribution in [-0.2, 0) is 4.79 Å². The molecule has 94 valence electrons. The first kappa shape index (κ1) is 14.6. The summed E-state index contributed by atoms with van der Waals surface area (Å²) >= 11 is 17.7. The number of halogens is 3. The van der Waals surface area contributed by atoms with Crippen molar-refractivity contribution in [2.24, 2.45) is 5.41 Å². The van der Waals surface area contributed by atoms with Crippen LogP contribution in [0, 0.1) is 12.3 Å². The van der Waals surface area contributed by atoms with E-state index in [-0.39, 0.29) is 11.8 Å². The molecule has 1 aromatic rings. The molecule has 0 fully saturated rings. The maximum absolute atomic E-state index is 11.9. The van der Waals surface area contributed by atoms with Gasteiger partial charge in [-0.2, -0.15) is 0 Å². The molecule has 0 spiro atoms. The maximum Gasteiger partial charge on any atom is 0.231 e. The van der Waals surface area contributed by atoms with E-state index in [1.54, 1.807) is 26.0 Å². The van der Waals surface area contributed by atoms with Crippen LogP contribution in [0.1, 0.15) is 19.4 Å². The first-order chi connectivity index (χ1) is 7.77. The average Bonchev–Trinajstić information content (AvgIpc) is 2.25. The Morgan fingerprint density at radius 3 is 2.41 bits per heavy atom. The van der Waals surface area contributed by atoms with Crippen LogP contribution in [0.2, 0.25) is 10.0 Å². The average molecular weight is 295 g/mol. The van der Waals surface area contributed by atoms with Gasteiger partial charge >= 0.3 is 0 Å². The molecule has 5 heteroatoms. The molecule has 2 nitrogen and oxygen atoms in total. The zero-order chi connectivity index (χ0) is 13.2. The number of anilines is 1. The summed E-state index contributed by atoms with van der Waals surface area (Å²) < 4.78 is 0. The molecular weight excluding hydrogens is 280 g/mol. The van der Waals surface area contributed by atoms with Crippen molar-refractivity contribution in [2.75, 3.05) is 11.2 Å². The largest absolute Gasteiger partial charge is 0.324 e. The zero-order valence-electron chi connectivity index (χ0n) is 9.90. The Morgan fingerprint density at radius 2 is 1.88 bits per heavy atom. The molecule has 0 heterocycles. The Labute approximate surface area is 116 Å². The van der Waals surface area contributed by atoms with Crippen LogP contribution in [0.15, 0.2) is 12.1 Å². The minimum Gasteiger partial charge on any atom is -0.324 e. The summed E-state index contributed by atoms with van der Waals surface area (Å²) in [5.41, 5.74) is 0.721. The fraction of sp³-hybridized carbons (Fsp3) is 0.417. The number of hydrogen-bond donors (Lipinski definition) is 1. The minimum absolute atomic E-state index is 0.186. The van der Waals surface area contributed by atoms with Crippen molar-refractivity contribution in [2.45, 2.75) is 20.8 Å². The van der Waals surface area contributed by atoms with Crippen molar-refractivity contribution in [3.05, 3.63) is 27.7 Å². The van der Waals surface area contributed by atoms with Gasteiger partial charge < -0.3 is 5.32 Å². The van der Waals surface area contributed by atoms with Crippen molar-refractivity contribution >= 4 is 46.4 Å². The van der Waals surface area contributed by atoms with Gasteiger partial charge in [-0.25, -0.2) is 0 Å². The summed E-state index contributed by atoms with van der Waals surface area (Å²) in [5.74, 6) is 0.0464. The highest BCUT2D eigenvalue weighted by molar-refractivity contribution is 6.36. The first-order valence-corrected chi connectivity index (χ1v) is 6.40. The third-order valence-corrected chi connectivity index (χ3v) is 3.83. The summed E-state index contributed by atoms with van der Waals surface area (Å²) in [6.45, 7) is 5.38. The van der Waals surface area contributed by atoms with Gasteiger partial charge in [-0.15, -0.1) is 11.6 Å². The van der Waals surface area contributed by atoms with Gasteiger partial charge in [0.2, 0.25) is 5.91 Å². The fourth-order valence-electron chi connectivity index (χ4n) is 1.09. The van der Waals surface area contributed by atoms with Crippen LogP contribution in [-0.4, -0.2) is 11.8 Å². The van der Waals surface area contributed by atoms with E-state index < -0.39 is 5.41 Å². The molecule has 0 aliphatic rings. The highest BCUT2D eigenvalue weighted by Gasteiger charge is 2.27. The molecule has 0 aliphatic carbocycles. The number of carbonyl (C=O) groups excluding carboxylic acids is 1. The van der Waals surface area contributed by atoms with E-state index in [0.29, 0.717) is 15.7 Å². The van der Waals surface area contributed by atoms with Crippen LogP contribution < -0.4 is 5.32 Å². The molecule has 1 N–H and O–H groups in total. The summed E-state index contributed by atoms with van der Waals surface area (Å²) in [6.07, 6.45) is 0. The summed E-state index contributed by atoms with van der Waals surface area (Å²) in [5, 5.41) is 3.76. The van der Waals surface area contributed by atoms with E-state index in [1.807, 2.05) is 6.92 Å². The number of amides is 1. The van der Waals surface area contributed by atoms with E-state index in [4.69, 9.17) is 34.8 Å². The van der Waals surface area contributed by atoms with Crippen molar-refractivity contribution in [3.63, 3.8) is 0 Å². The van der Waals surface area contributed by atoms with Crippen molar-refractivity contribution in [1.82, 2.24) is 0 Å². The lowest BCUT2D eigenvalue weighted by atomic mass is 9.95. The molecule has 0 radical (unpaired) electrons. The summed E-state index contributed by atoms with van der Waals surface area (Å²) in [4.78, 5) is 11.9. The van der Waals surface area contributed by atoms with E-state index in [2.05, 4.69) is 5.32 Å². The lowest BCUT2D eigenvalue weighted by Gasteiger charge is -2.21. The second-order valence-electron chi connectivity index (χ2n) is 4.55. The van der Waals surface area contributed by atoms with Crippen molar-refractivity contribution in [1.29, 1.82) is 0 Å². The molecule has 0 saturated carbocycles. The molecular formula is C12H14Cl3NO. The number of aryl methyl sites for hydroxylation is 1. The molecule has 17 heavy (non-hydrogen) atoms. The summed E-state index contributed by atoms with van der Waals surface area (Å²) in [6, 6.07) is 3.36. The minimum atomic E-state index is -0.651. The number of benzene rings is 1. The Balaban J connectivity index is 2.97. The number of rotatable bonds is 3. The fourth-order valence-corrected chi connectivity index (χ4v) is 1.64. The van der Waals surface area contributed by atoms with Crippen LogP contribution in [0.3, 0.4) is 0 Å². The normalized spacial score (nSPS) is 11.4. The molecule has 0 aromatic heterocycles.